The number of esters is 1. The second-order valence-corrected chi connectivity index (χ2v) is 8.22. The van der Waals surface area contributed by atoms with Crippen molar-refractivity contribution in [2.45, 2.75) is 20.8 Å². The van der Waals surface area contributed by atoms with Crippen LogP contribution in [0.3, 0.4) is 0 Å². The summed E-state index contributed by atoms with van der Waals surface area (Å²) in [6, 6.07) is 11.7. The smallest absolute Gasteiger partial charge is 0.321 e. The predicted molar refractivity (Wildman–Crippen MR) is 128 cm³/mol. The molecule has 1 heterocycles. The number of nitrogens with zero attached hydrogens (tertiary/aromatic N) is 3. The Hall–Kier alpha value is -3.65. The van der Waals surface area contributed by atoms with Crippen molar-refractivity contribution in [2.24, 2.45) is 5.10 Å². The van der Waals surface area contributed by atoms with Gasteiger partial charge in [-0.25, -0.2) is 0 Å². The first kappa shape index (κ1) is 24.0. The molecule has 0 aliphatic heterocycles. The summed E-state index contributed by atoms with van der Waals surface area (Å²) in [6.07, 6.45) is 3.42. The lowest BCUT2D eigenvalue weighted by atomic mass is 10.1. The van der Waals surface area contributed by atoms with E-state index in [1.165, 1.54) is 0 Å². The van der Waals surface area contributed by atoms with Gasteiger partial charge in [-0.3, -0.25) is 14.5 Å². The van der Waals surface area contributed by atoms with Gasteiger partial charge in [0.25, 0.3) is 5.91 Å². The van der Waals surface area contributed by atoms with Crippen molar-refractivity contribution < 1.29 is 19.1 Å². The number of aromatic amines is 1. The molecule has 8 heteroatoms. The third-order valence-electron chi connectivity index (χ3n) is 4.99. The molecular formula is C25H30N4O4. The standard InChI is InChI=1S/C25H30N4O4/c1-17-11-18(2)25(19(3)12-17)32-15-23(30)29(16-33-24(31)14-28(4)5)27-13-20-7-6-8-22-21(20)9-10-26-22/h6-13,26H,14-16H2,1-5H3. The Balaban J connectivity index is 1.76. The Labute approximate surface area is 193 Å². The molecule has 3 rings (SSSR count). The summed E-state index contributed by atoms with van der Waals surface area (Å²) in [4.78, 5) is 29.8. The molecule has 0 radical (unpaired) electrons. The Bertz CT molecular complexity index is 1140. The van der Waals surface area contributed by atoms with E-state index in [2.05, 4.69) is 10.1 Å². The molecule has 3 aromatic rings. The van der Waals surface area contributed by atoms with E-state index in [0.717, 1.165) is 38.2 Å². The second kappa shape index (κ2) is 10.8. The number of aryl methyl sites for hydroxylation is 3. The van der Waals surface area contributed by atoms with Gasteiger partial charge in [-0.2, -0.15) is 10.1 Å². The maximum absolute atomic E-state index is 13.0. The first-order valence-corrected chi connectivity index (χ1v) is 10.7. The van der Waals surface area contributed by atoms with Crippen molar-refractivity contribution in [3.63, 3.8) is 0 Å². The molecule has 33 heavy (non-hydrogen) atoms. The molecule has 1 N–H and O–H groups in total. The summed E-state index contributed by atoms with van der Waals surface area (Å²) >= 11 is 0. The third-order valence-corrected chi connectivity index (χ3v) is 4.99. The van der Waals surface area contributed by atoms with Gasteiger partial charge >= 0.3 is 5.97 Å². The summed E-state index contributed by atoms with van der Waals surface area (Å²) in [7, 11) is 3.53. The zero-order chi connectivity index (χ0) is 24.0. The van der Waals surface area contributed by atoms with Gasteiger partial charge < -0.3 is 14.5 Å². The van der Waals surface area contributed by atoms with E-state index in [1.54, 1.807) is 25.2 Å². The van der Waals surface area contributed by atoms with Gasteiger partial charge in [0.1, 0.15) is 5.75 Å². The van der Waals surface area contributed by atoms with Crippen LogP contribution in [-0.2, 0) is 14.3 Å². The minimum Gasteiger partial charge on any atom is -0.483 e. The van der Waals surface area contributed by atoms with Crippen LogP contribution < -0.4 is 4.74 Å². The molecular weight excluding hydrogens is 420 g/mol. The number of rotatable bonds is 9. The van der Waals surface area contributed by atoms with Gasteiger partial charge in [0.05, 0.1) is 12.8 Å². The van der Waals surface area contributed by atoms with Gasteiger partial charge in [-0.15, -0.1) is 0 Å². The van der Waals surface area contributed by atoms with Crippen molar-refractivity contribution in [1.29, 1.82) is 0 Å². The number of carbonyl (C=O) groups excluding carboxylic acids is 2. The van der Waals surface area contributed by atoms with Crippen LogP contribution in [0.4, 0.5) is 0 Å². The number of benzene rings is 2. The number of amides is 1. The molecule has 0 spiro atoms. The minimum atomic E-state index is -0.452. The number of hydrazone groups is 1. The van der Waals surface area contributed by atoms with Crippen LogP contribution in [-0.4, -0.2) is 67.0 Å². The lowest BCUT2D eigenvalue weighted by Crippen LogP contribution is -2.35. The number of ether oxygens (including phenoxy) is 2. The first-order chi connectivity index (χ1) is 15.7. The lowest BCUT2D eigenvalue weighted by Gasteiger charge is -2.19. The number of hydrogen-bond acceptors (Lipinski definition) is 6. The summed E-state index contributed by atoms with van der Waals surface area (Å²) in [5.41, 5.74) is 4.82. The van der Waals surface area contributed by atoms with Crippen molar-refractivity contribution in [3.8, 4) is 5.75 Å². The highest BCUT2D eigenvalue weighted by atomic mass is 16.5. The molecule has 0 aliphatic rings. The molecule has 0 saturated heterocycles. The maximum atomic E-state index is 13.0. The zero-order valence-electron chi connectivity index (χ0n) is 19.7. The van der Waals surface area contributed by atoms with Crippen LogP contribution in [0.25, 0.3) is 10.9 Å². The van der Waals surface area contributed by atoms with Gasteiger partial charge in [-0.05, 0) is 58.1 Å². The van der Waals surface area contributed by atoms with Gasteiger partial charge in [-0.1, -0.05) is 29.8 Å². The number of fused-ring (bicyclic) bond motifs is 1. The molecule has 0 unspecified atom stereocenters. The molecule has 8 nitrogen and oxygen atoms in total. The second-order valence-electron chi connectivity index (χ2n) is 8.22. The topological polar surface area (TPSA) is 87.2 Å². The van der Waals surface area contributed by atoms with Gasteiger partial charge in [0.2, 0.25) is 0 Å². The van der Waals surface area contributed by atoms with Crippen molar-refractivity contribution >= 4 is 29.0 Å². The normalized spacial score (nSPS) is 11.3. The van der Waals surface area contributed by atoms with Crippen LogP contribution in [0.15, 0.2) is 47.7 Å². The summed E-state index contributed by atoms with van der Waals surface area (Å²) < 4.78 is 11.1. The number of H-pyrrole nitrogens is 1. The number of carbonyl (C=O) groups is 2. The monoisotopic (exact) mass is 450 g/mol. The fourth-order valence-electron chi connectivity index (χ4n) is 3.56. The van der Waals surface area contributed by atoms with Crippen LogP contribution >= 0.6 is 0 Å². The van der Waals surface area contributed by atoms with Crippen LogP contribution in [0, 0.1) is 20.8 Å². The highest BCUT2D eigenvalue weighted by molar-refractivity contribution is 5.98. The molecule has 174 valence electrons. The Kier molecular flexibility index (Phi) is 7.84. The average Bonchev–Trinajstić information content (AvgIpc) is 3.22. The SMILES string of the molecule is Cc1cc(C)c(OCC(=O)N(COC(=O)CN(C)C)N=Cc2cccc3[nH]ccc23)c(C)c1. The predicted octanol–water partition coefficient (Wildman–Crippen LogP) is 3.40. The third kappa shape index (κ3) is 6.43. The van der Waals surface area contributed by atoms with E-state index in [4.69, 9.17) is 9.47 Å². The molecule has 0 atom stereocenters. The average molecular weight is 451 g/mol. The molecule has 0 fully saturated rings. The number of nitrogens with one attached hydrogen (secondary N) is 1. The van der Waals surface area contributed by atoms with E-state index in [1.807, 2.05) is 63.4 Å². The Morgan fingerprint density at radius 2 is 1.82 bits per heavy atom. The summed E-state index contributed by atoms with van der Waals surface area (Å²) in [6.45, 7) is 5.46. The molecule has 1 aromatic heterocycles. The van der Waals surface area contributed by atoms with E-state index >= 15 is 0 Å². The Morgan fingerprint density at radius 1 is 1.09 bits per heavy atom. The van der Waals surface area contributed by atoms with Gasteiger partial charge in [0, 0.05) is 22.7 Å². The number of aromatic nitrogens is 1. The fourth-order valence-corrected chi connectivity index (χ4v) is 3.56. The molecule has 2 aromatic carbocycles. The van der Waals surface area contributed by atoms with Crippen LogP contribution in [0.5, 0.6) is 5.75 Å². The fraction of sp³-hybridized carbons (Fsp3) is 0.320. The Morgan fingerprint density at radius 3 is 2.52 bits per heavy atom. The lowest BCUT2D eigenvalue weighted by molar-refractivity contribution is -0.154. The summed E-state index contributed by atoms with van der Waals surface area (Å²) in [5, 5.41) is 6.40. The maximum Gasteiger partial charge on any atom is 0.321 e. The molecule has 0 bridgehead atoms. The molecule has 0 aliphatic carbocycles. The summed E-state index contributed by atoms with van der Waals surface area (Å²) in [5.74, 6) is -0.212. The zero-order valence-corrected chi connectivity index (χ0v) is 19.7. The van der Waals surface area contributed by atoms with Crippen molar-refractivity contribution in [3.05, 3.63) is 64.8 Å². The molecule has 1 amide bonds. The largest absolute Gasteiger partial charge is 0.483 e. The molecule has 0 saturated carbocycles. The van der Waals surface area contributed by atoms with Gasteiger partial charge in [0.15, 0.2) is 13.3 Å². The quantitative estimate of drug-likeness (QED) is 0.234. The minimum absolute atomic E-state index is 0.104. The van der Waals surface area contributed by atoms with E-state index in [-0.39, 0.29) is 19.9 Å². The van der Waals surface area contributed by atoms with Crippen molar-refractivity contribution in [1.82, 2.24) is 14.9 Å². The van der Waals surface area contributed by atoms with Crippen LogP contribution in [0.2, 0.25) is 0 Å². The highest BCUT2D eigenvalue weighted by Crippen LogP contribution is 2.24. The number of likely N-dealkylation sites (N-methyl/N-ethyl adjacent to an activating group) is 1. The van der Waals surface area contributed by atoms with E-state index < -0.39 is 11.9 Å². The first-order valence-electron chi connectivity index (χ1n) is 10.7. The number of hydrogen-bond donors (Lipinski definition) is 1. The van der Waals surface area contributed by atoms with E-state index in [0.29, 0.717) is 5.75 Å². The highest BCUT2D eigenvalue weighted by Gasteiger charge is 2.17. The van der Waals surface area contributed by atoms with Crippen LogP contribution in [0.1, 0.15) is 22.3 Å². The van der Waals surface area contributed by atoms with E-state index in [9.17, 15) is 9.59 Å². The van der Waals surface area contributed by atoms with Crippen molar-refractivity contribution in [2.75, 3.05) is 34.0 Å².